The maximum absolute atomic E-state index is 12.9. The van der Waals surface area contributed by atoms with Crippen molar-refractivity contribution in [2.75, 3.05) is 13.1 Å². The number of nitrogens with one attached hydrogen (secondary N) is 1. The summed E-state index contributed by atoms with van der Waals surface area (Å²) in [5, 5.41) is 6.08. The number of rotatable bonds is 8. The van der Waals surface area contributed by atoms with Gasteiger partial charge in [-0.15, -0.1) is 11.3 Å². The highest BCUT2D eigenvalue weighted by Gasteiger charge is 2.39. The molecule has 152 valence electrons. The van der Waals surface area contributed by atoms with E-state index in [0.717, 1.165) is 35.5 Å². The van der Waals surface area contributed by atoms with Gasteiger partial charge < -0.3 is 5.32 Å². The molecule has 1 aliphatic heterocycles. The molecule has 8 heteroatoms. The van der Waals surface area contributed by atoms with Crippen molar-refractivity contribution in [2.45, 2.75) is 56.9 Å². The Morgan fingerprint density at radius 1 is 1.25 bits per heavy atom. The predicted molar refractivity (Wildman–Crippen MR) is 111 cm³/mol. The van der Waals surface area contributed by atoms with Crippen LogP contribution >= 0.6 is 11.3 Å². The summed E-state index contributed by atoms with van der Waals surface area (Å²) in [6.45, 7) is 4.84. The van der Waals surface area contributed by atoms with Crippen LogP contribution in [-0.2, 0) is 21.2 Å². The largest absolute Gasteiger partial charge is 0.355 e. The van der Waals surface area contributed by atoms with Gasteiger partial charge in [0, 0.05) is 24.2 Å². The number of aryl methyl sites for hydroxylation is 3. The first-order valence-corrected chi connectivity index (χ1v) is 12.0. The van der Waals surface area contributed by atoms with Crippen molar-refractivity contribution in [1.29, 1.82) is 0 Å². The van der Waals surface area contributed by atoms with Gasteiger partial charge >= 0.3 is 0 Å². The second-order valence-electron chi connectivity index (χ2n) is 7.22. The van der Waals surface area contributed by atoms with Crippen molar-refractivity contribution < 1.29 is 13.2 Å². The second-order valence-corrected chi connectivity index (χ2v) is 10.1. The standard InChI is InChI=1S/C20H27N3O3S2/c1-15-8-10-17(11-9-15)28(25,26)23-13-5-6-18(23)20(24)21-12-4-3-7-19-22-16(2)14-27-19/h8-11,14,18H,3-7,12-13H2,1-2H3,(H,21,24)/t18-/m0/s1. The number of carbonyl (C=O) groups is 1. The van der Waals surface area contributed by atoms with E-state index in [4.69, 9.17) is 0 Å². The molecule has 1 atom stereocenters. The summed E-state index contributed by atoms with van der Waals surface area (Å²) in [5.41, 5.74) is 2.05. The maximum Gasteiger partial charge on any atom is 0.243 e. The van der Waals surface area contributed by atoms with Crippen LogP contribution in [-0.4, -0.2) is 42.7 Å². The van der Waals surface area contributed by atoms with E-state index in [-0.39, 0.29) is 10.8 Å². The summed E-state index contributed by atoms with van der Waals surface area (Å²) >= 11 is 1.66. The van der Waals surface area contributed by atoms with Crippen molar-refractivity contribution in [1.82, 2.24) is 14.6 Å². The van der Waals surface area contributed by atoms with Crippen LogP contribution < -0.4 is 5.32 Å². The molecule has 0 saturated carbocycles. The van der Waals surface area contributed by atoms with Crippen LogP contribution in [0.25, 0.3) is 0 Å². The third-order valence-corrected chi connectivity index (χ3v) is 7.87. The molecule has 1 aromatic carbocycles. The molecular weight excluding hydrogens is 394 g/mol. The molecule has 1 saturated heterocycles. The lowest BCUT2D eigenvalue weighted by molar-refractivity contribution is -0.124. The second kappa shape index (κ2) is 9.15. The topological polar surface area (TPSA) is 79.4 Å². The number of amides is 1. The summed E-state index contributed by atoms with van der Waals surface area (Å²) in [7, 11) is -3.65. The minimum absolute atomic E-state index is 0.196. The molecule has 3 rings (SSSR count). The molecule has 0 unspecified atom stereocenters. The molecule has 1 fully saturated rings. The van der Waals surface area contributed by atoms with Gasteiger partial charge in [-0.25, -0.2) is 13.4 Å². The van der Waals surface area contributed by atoms with Gasteiger partial charge in [-0.2, -0.15) is 4.31 Å². The molecule has 0 spiro atoms. The lowest BCUT2D eigenvalue weighted by Crippen LogP contribution is -2.46. The summed E-state index contributed by atoms with van der Waals surface area (Å²) < 4.78 is 27.2. The van der Waals surface area contributed by atoms with Crippen LogP contribution in [0.2, 0.25) is 0 Å². The quantitative estimate of drug-likeness (QED) is 0.665. The van der Waals surface area contributed by atoms with Gasteiger partial charge in [0.1, 0.15) is 6.04 Å². The Bertz CT molecular complexity index is 907. The minimum atomic E-state index is -3.65. The van der Waals surface area contributed by atoms with E-state index in [1.54, 1.807) is 35.6 Å². The molecule has 0 aliphatic carbocycles. The van der Waals surface area contributed by atoms with Crippen molar-refractivity contribution in [3.8, 4) is 0 Å². The Labute approximate surface area is 171 Å². The molecular formula is C20H27N3O3S2. The fraction of sp³-hybridized carbons (Fsp3) is 0.500. The average Bonchev–Trinajstić information content (AvgIpc) is 3.31. The average molecular weight is 422 g/mol. The summed E-state index contributed by atoms with van der Waals surface area (Å²) in [6, 6.07) is 6.16. The lowest BCUT2D eigenvalue weighted by Gasteiger charge is -2.23. The lowest BCUT2D eigenvalue weighted by atomic mass is 10.2. The highest BCUT2D eigenvalue weighted by molar-refractivity contribution is 7.89. The number of unbranched alkanes of at least 4 members (excludes halogenated alkanes) is 1. The number of thiazole rings is 1. The van der Waals surface area contributed by atoms with E-state index in [1.165, 1.54) is 4.31 Å². The van der Waals surface area contributed by atoms with Crippen molar-refractivity contribution in [3.63, 3.8) is 0 Å². The number of nitrogens with zero attached hydrogens (tertiary/aromatic N) is 2. The molecule has 1 aromatic heterocycles. The van der Waals surface area contributed by atoms with Gasteiger partial charge in [-0.05, 0) is 58.1 Å². The third-order valence-electron chi connectivity index (χ3n) is 4.92. The van der Waals surface area contributed by atoms with Crippen molar-refractivity contribution in [3.05, 3.63) is 45.9 Å². The molecule has 2 heterocycles. The Morgan fingerprint density at radius 2 is 2.00 bits per heavy atom. The Hall–Kier alpha value is -1.77. The highest BCUT2D eigenvalue weighted by Crippen LogP contribution is 2.26. The van der Waals surface area contributed by atoms with Crippen LogP contribution in [0.3, 0.4) is 0 Å². The van der Waals surface area contributed by atoms with Gasteiger partial charge in [-0.3, -0.25) is 4.79 Å². The Balaban J connectivity index is 1.52. The molecule has 1 aliphatic rings. The zero-order valence-corrected chi connectivity index (χ0v) is 18.0. The van der Waals surface area contributed by atoms with Gasteiger partial charge in [-0.1, -0.05) is 17.7 Å². The smallest absolute Gasteiger partial charge is 0.243 e. The van der Waals surface area contributed by atoms with Crippen LogP contribution in [0.5, 0.6) is 0 Å². The molecule has 0 bridgehead atoms. The monoisotopic (exact) mass is 421 g/mol. The number of aromatic nitrogens is 1. The van der Waals surface area contributed by atoms with Crippen LogP contribution in [0.1, 0.15) is 41.9 Å². The first kappa shape index (κ1) is 21.0. The summed E-state index contributed by atoms with van der Waals surface area (Å²) in [6.07, 6.45) is 3.97. The van der Waals surface area contributed by atoms with Gasteiger partial charge in [0.2, 0.25) is 15.9 Å². The zero-order chi connectivity index (χ0) is 20.1. The van der Waals surface area contributed by atoms with E-state index in [9.17, 15) is 13.2 Å². The first-order valence-electron chi connectivity index (χ1n) is 9.65. The summed E-state index contributed by atoms with van der Waals surface area (Å²) in [4.78, 5) is 17.3. The molecule has 6 nitrogen and oxygen atoms in total. The summed E-state index contributed by atoms with van der Waals surface area (Å²) in [5.74, 6) is -0.196. The maximum atomic E-state index is 12.9. The Kier molecular flexibility index (Phi) is 6.85. The number of hydrogen-bond donors (Lipinski definition) is 1. The van der Waals surface area contributed by atoms with Gasteiger partial charge in [0.15, 0.2) is 0 Å². The van der Waals surface area contributed by atoms with E-state index < -0.39 is 16.1 Å². The fourth-order valence-corrected chi connectivity index (χ4v) is 5.86. The zero-order valence-electron chi connectivity index (χ0n) is 16.3. The molecule has 0 radical (unpaired) electrons. The van der Waals surface area contributed by atoms with Crippen LogP contribution in [0, 0.1) is 13.8 Å². The number of sulfonamides is 1. The van der Waals surface area contributed by atoms with E-state index in [0.29, 0.717) is 25.9 Å². The number of carbonyl (C=O) groups excluding carboxylic acids is 1. The first-order chi connectivity index (χ1) is 13.4. The van der Waals surface area contributed by atoms with Crippen LogP contribution in [0.4, 0.5) is 0 Å². The highest BCUT2D eigenvalue weighted by atomic mass is 32.2. The van der Waals surface area contributed by atoms with Crippen molar-refractivity contribution >= 4 is 27.3 Å². The van der Waals surface area contributed by atoms with Gasteiger partial charge in [0.25, 0.3) is 0 Å². The van der Waals surface area contributed by atoms with Crippen LogP contribution in [0.15, 0.2) is 34.5 Å². The third kappa shape index (κ3) is 4.98. The SMILES string of the molecule is Cc1ccc(S(=O)(=O)N2CCC[C@H]2C(=O)NCCCCc2nc(C)cs2)cc1. The fourth-order valence-electron chi connectivity index (χ4n) is 3.38. The molecule has 1 N–H and O–H groups in total. The normalized spacial score (nSPS) is 17.7. The minimum Gasteiger partial charge on any atom is -0.355 e. The molecule has 1 amide bonds. The number of hydrogen-bond acceptors (Lipinski definition) is 5. The molecule has 2 aromatic rings. The predicted octanol–water partition coefficient (Wildman–Crippen LogP) is 3.05. The van der Waals surface area contributed by atoms with Crippen molar-refractivity contribution in [2.24, 2.45) is 0 Å². The van der Waals surface area contributed by atoms with E-state index in [1.807, 2.05) is 19.2 Å². The number of benzene rings is 1. The Morgan fingerprint density at radius 3 is 2.68 bits per heavy atom. The van der Waals surface area contributed by atoms with E-state index in [2.05, 4.69) is 10.3 Å². The van der Waals surface area contributed by atoms with Gasteiger partial charge in [0.05, 0.1) is 9.90 Å². The molecule has 28 heavy (non-hydrogen) atoms. The van der Waals surface area contributed by atoms with E-state index >= 15 is 0 Å².